The quantitative estimate of drug-likeness (QED) is 0.893. The van der Waals surface area contributed by atoms with Crippen molar-refractivity contribution in [1.82, 2.24) is 10.3 Å². The fourth-order valence-electron chi connectivity index (χ4n) is 4.02. The number of nitrogens with one attached hydrogen (secondary N) is 1. The molecule has 2 aliphatic heterocycles. The van der Waals surface area contributed by atoms with Gasteiger partial charge in [0.1, 0.15) is 5.69 Å². The molecule has 130 valence electrons. The fourth-order valence-corrected chi connectivity index (χ4v) is 4.13. The number of nitrogens with zero attached hydrogens (tertiary/aromatic N) is 2. The summed E-state index contributed by atoms with van der Waals surface area (Å²) in [6, 6.07) is 10.9. The van der Waals surface area contributed by atoms with Crippen LogP contribution in [-0.4, -0.2) is 30.2 Å². The number of para-hydroxylation sites is 1. The molecule has 0 radical (unpaired) electrons. The van der Waals surface area contributed by atoms with E-state index in [1.165, 1.54) is 12.8 Å². The van der Waals surface area contributed by atoms with Crippen LogP contribution in [0.4, 0.5) is 5.69 Å². The molecule has 3 atom stereocenters. The van der Waals surface area contributed by atoms with Crippen LogP contribution in [0.5, 0.6) is 11.5 Å². The molecule has 0 amide bonds. The van der Waals surface area contributed by atoms with E-state index in [0.29, 0.717) is 22.8 Å². The first-order chi connectivity index (χ1) is 12.1. The van der Waals surface area contributed by atoms with E-state index in [-0.39, 0.29) is 0 Å². The van der Waals surface area contributed by atoms with Crippen LogP contribution in [0.1, 0.15) is 25.5 Å². The molecule has 1 aromatic heterocycles. The molecule has 3 aliphatic rings. The van der Waals surface area contributed by atoms with Crippen LogP contribution < -0.4 is 19.7 Å². The van der Waals surface area contributed by atoms with Gasteiger partial charge in [-0.1, -0.05) is 17.7 Å². The Balaban J connectivity index is 1.50. The molecule has 5 nitrogen and oxygen atoms in total. The molecule has 1 saturated carbocycles. The maximum absolute atomic E-state index is 6.32. The number of anilines is 1. The highest BCUT2D eigenvalue weighted by Crippen LogP contribution is 2.50. The Kier molecular flexibility index (Phi) is 3.37. The number of rotatable bonds is 2. The van der Waals surface area contributed by atoms with Crippen molar-refractivity contribution in [2.75, 3.05) is 18.0 Å². The lowest BCUT2D eigenvalue weighted by atomic mass is 9.83. The number of ether oxygens (including phenoxy) is 2. The number of halogens is 1. The first-order valence-corrected chi connectivity index (χ1v) is 9.15. The van der Waals surface area contributed by atoms with Gasteiger partial charge in [0.2, 0.25) is 0 Å². The van der Waals surface area contributed by atoms with Gasteiger partial charge in [-0.25, -0.2) is 0 Å². The highest BCUT2D eigenvalue weighted by molar-refractivity contribution is 6.30. The van der Waals surface area contributed by atoms with Crippen molar-refractivity contribution < 1.29 is 9.47 Å². The highest BCUT2D eigenvalue weighted by Gasteiger charge is 2.44. The standard InChI is InChI=1S/C19H20ClN3O2/c1-19(17-8-5-12(20)11-22-17)24-16-4-2-3-15(18(16)25-19)23-10-9-21-13-6-7-14(13)23/h2-5,8,11,13-14,21H,6-7,9-10H2,1H3. The Labute approximate surface area is 151 Å². The maximum Gasteiger partial charge on any atom is 0.292 e. The maximum atomic E-state index is 6.32. The Hall–Kier alpha value is -1.98. The number of hydrogen-bond acceptors (Lipinski definition) is 5. The van der Waals surface area contributed by atoms with Gasteiger partial charge in [0.05, 0.1) is 10.7 Å². The molecule has 2 fully saturated rings. The summed E-state index contributed by atoms with van der Waals surface area (Å²) < 4.78 is 12.5. The van der Waals surface area contributed by atoms with E-state index in [2.05, 4.69) is 21.3 Å². The second kappa shape index (κ2) is 5.51. The molecule has 3 unspecified atom stereocenters. The lowest BCUT2D eigenvalue weighted by Gasteiger charge is -2.50. The van der Waals surface area contributed by atoms with Gasteiger partial charge < -0.3 is 19.7 Å². The van der Waals surface area contributed by atoms with Crippen LogP contribution in [0.15, 0.2) is 36.5 Å². The van der Waals surface area contributed by atoms with Crippen molar-refractivity contribution in [2.45, 2.75) is 37.6 Å². The molecule has 0 bridgehead atoms. The van der Waals surface area contributed by atoms with E-state index in [1.807, 2.05) is 25.1 Å². The molecule has 3 heterocycles. The van der Waals surface area contributed by atoms with Crippen molar-refractivity contribution in [3.05, 3.63) is 47.2 Å². The van der Waals surface area contributed by atoms with E-state index < -0.39 is 5.79 Å². The monoisotopic (exact) mass is 357 g/mol. The summed E-state index contributed by atoms with van der Waals surface area (Å²) in [5.74, 6) is 0.649. The Morgan fingerprint density at radius 3 is 2.92 bits per heavy atom. The first-order valence-electron chi connectivity index (χ1n) is 8.77. The fraction of sp³-hybridized carbons (Fsp3) is 0.421. The molecule has 1 saturated heterocycles. The lowest BCUT2D eigenvalue weighted by Crippen LogP contribution is -2.63. The van der Waals surface area contributed by atoms with Crippen LogP contribution in [0.3, 0.4) is 0 Å². The summed E-state index contributed by atoms with van der Waals surface area (Å²) >= 11 is 5.96. The van der Waals surface area contributed by atoms with Crippen LogP contribution in [-0.2, 0) is 5.79 Å². The minimum absolute atomic E-state index is 0.546. The summed E-state index contributed by atoms with van der Waals surface area (Å²) in [5, 5.41) is 4.19. The van der Waals surface area contributed by atoms with Gasteiger partial charge >= 0.3 is 0 Å². The average molecular weight is 358 g/mol. The molecule has 5 rings (SSSR count). The molecule has 1 aliphatic carbocycles. The van der Waals surface area contributed by atoms with Crippen LogP contribution in [0.2, 0.25) is 5.02 Å². The second-order valence-electron chi connectivity index (χ2n) is 7.01. The van der Waals surface area contributed by atoms with Crippen molar-refractivity contribution in [3.8, 4) is 11.5 Å². The van der Waals surface area contributed by atoms with Gasteiger partial charge in [-0.3, -0.25) is 4.98 Å². The predicted molar refractivity (Wildman–Crippen MR) is 96.5 cm³/mol. The zero-order chi connectivity index (χ0) is 17.0. The second-order valence-corrected chi connectivity index (χ2v) is 7.45. The van der Waals surface area contributed by atoms with Gasteiger partial charge in [0.15, 0.2) is 11.5 Å². The van der Waals surface area contributed by atoms with Crippen LogP contribution in [0.25, 0.3) is 0 Å². The lowest BCUT2D eigenvalue weighted by molar-refractivity contribution is -0.0716. The molecule has 1 N–H and O–H groups in total. The number of hydrogen-bond donors (Lipinski definition) is 1. The van der Waals surface area contributed by atoms with Crippen molar-refractivity contribution >= 4 is 17.3 Å². The Morgan fingerprint density at radius 2 is 2.16 bits per heavy atom. The number of piperazine rings is 1. The van der Waals surface area contributed by atoms with E-state index >= 15 is 0 Å². The first kappa shape index (κ1) is 15.3. The third kappa shape index (κ3) is 2.37. The van der Waals surface area contributed by atoms with Crippen molar-refractivity contribution in [2.24, 2.45) is 0 Å². The molecule has 0 spiro atoms. The molecular formula is C19H20ClN3O2. The molecule has 2 aromatic rings. The zero-order valence-electron chi connectivity index (χ0n) is 14.0. The molecule has 25 heavy (non-hydrogen) atoms. The van der Waals surface area contributed by atoms with Gasteiger partial charge in [-0.15, -0.1) is 0 Å². The normalized spacial score (nSPS) is 29.9. The van der Waals surface area contributed by atoms with Crippen molar-refractivity contribution in [3.63, 3.8) is 0 Å². The molecule has 6 heteroatoms. The molecule has 1 aromatic carbocycles. The topological polar surface area (TPSA) is 46.6 Å². The summed E-state index contributed by atoms with van der Waals surface area (Å²) in [4.78, 5) is 6.86. The Bertz CT molecular complexity index is 813. The van der Waals surface area contributed by atoms with Gasteiger partial charge in [0.25, 0.3) is 5.79 Å². The third-order valence-corrected chi connectivity index (χ3v) is 5.68. The summed E-state index contributed by atoms with van der Waals surface area (Å²) in [6.45, 7) is 3.88. The number of pyridine rings is 1. The predicted octanol–water partition coefficient (Wildman–Crippen LogP) is 3.32. The van der Waals surface area contributed by atoms with Crippen molar-refractivity contribution in [1.29, 1.82) is 0 Å². The zero-order valence-corrected chi connectivity index (χ0v) is 14.8. The van der Waals surface area contributed by atoms with E-state index in [0.717, 1.165) is 30.3 Å². The Morgan fingerprint density at radius 1 is 1.24 bits per heavy atom. The number of aromatic nitrogens is 1. The van der Waals surface area contributed by atoms with Gasteiger partial charge in [-0.05, 0) is 37.1 Å². The smallest absolute Gasteiger partial charge is 0.292 e. The van der Waals surface area contributed by atoms with Crippen LogP contribution >= 0.6 is 11.6 Å². The van der Waals surface area contributed by atoms with Gasteiger partial charge in [0, 0.05) is 38.3 Å². The van der Waals surface area contributed by atoms with E-state index in [9.17, 15) is 0 Å². The molecular weight excluding hydrogens is 338 g/mol. The number of benzene rings is 1. The van der Waals surface area contributed by atoms with Gasteiger partial charge in [-0.2, -0.15) is 0 Å². The minimum Gasteiger partial charge on any atom is -0.443 e. The average Bonchev–Trinajstić information content (AvgIpc) is 2.93. The summed E-state index contributed by atoms with van der Waals surface area (Å²) in [5.41, 5.74) is 1.83. The SMILES string of the molecule is CC1(c2ccc(Cl)cn2)Oc2cccc(N3CCNC4CCC43)c2O1. The number of fused-ring (bicyclic) bond motifs is 2. The minimum atomic E-state index is -0.934. The van der Waals surface area contributed by atoms with Crippen LogP contribution in [0, 0.1) is 0 Å². The third-order valence-electron chi connectivity index (χ3n) is 5.46. The summed E-state index contributed by atoms with van der Waals surface area (Å²) in [6.07, 6.45) is 4.09. The largest absolute Gasteiger partial charge is 0.443 e. The summed E-state index contributed by atoms with van der Waals surface area (Å²) in [7, 11) is 0. The van der Waals surface area contributed by atoms with E-state index in [1.54, 1.807) is 12.3 Å². The highest BCUT2D eigenvalue weighted by atomic mass is 35.5. The van der Waals surface area contributed by atoms with E-state index in [4.69, 9.17) is 21.1 Å².